The first-order valence-corrected chi connectivity index (χ1v) is 7.61. The summed E-state index contributed by atoms with van der Waals surface area (Å²) < 4.78 is 17.2. The number of carboxylic acids is 1. The summed E-state index contributed by atoms with van der Waals surface area (Å²) >= 11 is 0. The Morgan fingerprint density at radius 2 is 2.14 bits per heavy atom. The van der Waals surface area contributed by atoms with Crippen LogP contribution in [0.4, 0.5) is 0 Å². The predicted molar refractivity (Wildman–Crippen MR) is 72.2 cm³/mol. The minimum atomic E-state index is -0.861. The van der Waals surface area contributed by atoms with Gasteiger partial charge in [-0.2, -0.15) is 0 Å². The van der Waals surface area contributed by atoms with Crippen LogP contribution in [0, 0.1) is 23.7 Å². The molecule has 2 fully saturated rings. The van der Waals surface area contributed by atoms with Crippen molar-refractivity contribution < 1.29 is 29.2 Å². The van der Waals surface area contributed by atoms with Crippen molar-refractivity contribution in [1.82, 2.24) is 0 Å². The Morgan fingerprint density at radius 3 is 2.81 bits per heavy atom. The molecular weight excluding hydrogens is 276 g/mol. The Labute approximate surface area is 123 Å². The van der Waals surface area contributed by atoms with Crippen LogP contribution in [0.25, 0.3) is 0 Å². The molecule has 2 heterocycles. The van der Waals surface area contributed by atoms with Gasteiger partial charge in [0, 0.05) is 31.0 Å². The van der Waals surface area contributed by atoms with Crippen molar-refractivity contribution in [2.45, 2.75) is 31.8 Å². The van der Waals surface area contributed by atoms with E-state index in [1.54, 1.807) is 0 Å². The van der Waals surface area contributed by atoms with Crippen molar-refractivity contribution >= 4 is 5.97 Å². The molecule has 0 saturated carbocycles. The second-order valence-electron chi connectivity index (χ2n) is 5.96. The summed E-state index contributed by atoms with van der Waals surface area (Å²) in [6.07, 6.45) is 5.91. The predicted octanol–water partition coefficient (Wildman–Crippen LogP) is 0.997. The second kappa shape index (κ2) is 6.44. The fourth-order valence-electron chi connectivity index (χ4n) is 3.54. The highest BCUT2D eigenvalue weighted by Gasteiger charge is 2.49. The van der Waals surface area contributed by atoms with Gasteiger partial charge in [-0.25, -0.2) is 0 Å². The van der Waals surface area contributed by atoms with Crippen LogP contribution >= 0.6 is 0 Å². The van der Waals surface area contributed by atoms with E-state index in [1.807, 2.05) is 12.2 Å². The lowest BCUT2D eigenvalue weighted by molar-refractivity contribution is -0.296. The molecule has 2 N–H and O–H groups in total. The largest absolute Gasteiger partial charge is 0.481 e. The molecule has 0 aromatic rings. The highest BCUT2D eigenvalue weighted by atomic mass is 16.8. The van der Waals surface area contributed by atoms with Gasteiger partial charge in [0.15, 0.2) is 12.6 Å². The van der Waals surface area contributed by atoms with Crippen LogP contribution in [-0.2, 0) is 19.0 Å². The molecule has 118 valence electrons. The standard InChI is InChI=1S/C15H22O6/c16-7-9-4-5-10-11(14(17)18)8-20-15(13(9)10)21-12-3-1-2-6-19-12/h4-5,9-13,15-16H,1-3,6-8H2,(H,17,18)/t9-,10?,11?,12?,13?,15?/m1/s1. The normalized spacial score (nSPS) is 42.7. The maximum Gasteiger partial charge on any atom is 0.309 e. The highest BCUT2D eigenvalue weighted by Crippen LogP contribution is 2.43. The number of ether oxygens (including phenoxy) is 3. The molecule has 0 amide bonds. The molecule has 6 atom stereocenters. The summed E-state index contributed by atoms with van der Waals surface area (Å²) in [7, 11) is 0. The van der Waals surface area contributed by atoms with Crippen LogP contribution in [0.3, 0.4) is 0 Å². The van der Waals surface area contributed by atoms with Crippen LogP contribution in [0.2, 0.25) is 0 Å². The molecule has 1 aliphatic carbocycles. The molecule has 0 aromatic carbocycles. The van der Waals surface area contributed by atoms with E-state index in [0.29, 0.717) is 6.61 Å². The van der Waals surface area contributed by atoms with Crippen LogP contribution in [0.1, 0.15) is 19.3 Å². The molecule has 0 spiro atoms. The summed E-state index contributed by atoms with van der Waals surface area (Å²) in [5, 5.41) is 18.8. The average Bonchev–Trinajstić information content (AvgIpc) is 2.92. The van der Waals surface area contributed by atoms with Crippen molar-refractivity contribution in [1.29, 1.82) is 0 Å². The van der Waals surface area contributed by atoms with Gasteiger partial charge in [-0.05, 0) is 19.3 Å². The van der Waals surface area contributed by atoms with Gasteiger partial charge in [0.2, 0.25) is 0 Å². The maximum absolute atomic E-state index is 11.3. The number of aliphatic carboxylic acids is 1. The number of hydrogen-bond donors (Lipinski definition) is 2. The van der Waals surface area contributed by atoms with Gasteiger partial charge >= 0.3 is 5.97 Å². The van der Waals surface area contributed by atoms with Gasteiger partial charge in [0.05, 0.1) is 12.5 Å². The minimum Gasteiger partial charge on any atom is -0.481 e. The molecule has 3 rings (SSSR count). The Balaban J connectivity index is 1.71. The third kappa shape index (κ3) is 2.99. The highest BCUT2D eigenvalue weighted by molar-refractivity contribution is 5.71. The van der Waals surface area contributed by atoms with Crippen LogP contribution < -0.4 is 0 Å². The number of aliphatic hydroxyl groups is 1. The van der Waals surface area contributed by atoms with Crippen LogP contribution in [0.15, 0.2) is 12.2 Å². The maximum atomic E-state index is 11.3. The lowest BCUT2D eigenvalue weighted by atomic mass is 9.78. The lowest BCUT2D eigenvalue weighted by Crippen LogP contribution is -2.48. The summed E-state index contributed by atoms with van der Waals surface area (Å²) in [5.74, 6) is -1.86. The van der Waals surface area contributed by atoms with E-state index in [-0.39, 0.29) is 37.3 Å². The molecule has 6 nitrogen and oxygen atoms in total. The van der Waals surface area contributed by atoms with Crippen molar-refractivity contribution in [3.05, 3.63) is 12.2 Å². The SMILES string of the molecule is O=C(O)C1COC(OC2CCCCO2)C2C1C=C[C@@H]2CO. The zero-order chi connectivity index (χ0) is 14.8. The quantitative estimate of drug-likeness (QED) is 0.753. The average molecular weight is 298 g/mol. The summed E-state index contributed by atoms with van der Waals surface area (Å²) in [6.45, 7) is 0.792. The molecular formula is C15H22O6. The number of fused-ring (bicyclic) bond motifs is 1. The number of carbonyl (C=O) groups is 1. The Bertz CT molecular complexity index is 403. The lowest BCUT2D eigenvalue weighted by Gasteiger charge is -2.41. The van der Waals surface area contributed by atoms with E-state index < -0.39 is 18.2 Å². The van der Waals surface area contributed by atoms with E-state index in [1.165, 1.54) is 0 Å². The molecule has 21 heavy (non-hydrogen) atoms. The van der Waals surface area contributed by atoms with E-state index in [9.17, 15) is 15.0 Å². The topological polar surface area (TPSA) is 85.2 Å². The zero-order valence-electron chi connectivity index (χ0n) is 11.9. The molecule has 5 unspecified atom stereocenters. The van der Waals surface area contributed by atoms with Crippen molar-refractivity contribution in [2.75, 3.05) is 19.8 Å². The minimum absolute atomic E-state index is 0.0290. The zero-order valence-corrected chi connectivity index (χ0v) is 11.9. The van der Waals surface area contributed by atoms with Gasteiger partial charge in [-0.3, -0.25) is 4.79 Å². The first kappa shape index (κ1) is 15.0. The van der Waals surface area contributed by atoms with E-state index in [2.05, 4.69) is 0 Å². The Morgan fingerprint density at radius 1 is 1.29 bits per heavy atom. The van der Waals surface area contributed by atoms with Gasteiger partial charge in [0.25, 0.3) is 0 Å². The summed E-state index contributed by atoms with van der Waals surface area (Å²) in [4.78, 5) is 11.3. The first-order chi connectivity index (χ1) is 10.2. The fourth-order valence-corrected chi connectivity index (χ4v) is 3.54. The molecule has 2 aliphatic heterocycles. The molecule has 0 radical (unpaired) electrons. The first-order valence-electron chi connectivity index (χ1n) is 7.61. The van der Waals surface area contributed by atoms with E-state index in [4.69, 9.17) is 14.2 Å². The molecule has 3 aliphatic rings. The van der Waals surface area contributed by atoms with Crippen LogP contribution in [-0.4, -0.2) is 48.6 Å². The number of rotatable bonds is 4. The Hall–Kier alpha value is -0.950. The van der Waals surface area contributed by atoms with Gasteiger partial charge in [-0.15, -0.1) is 0 Å². The van der Waals surface area contributed by atoms with E-state index >= 15 is 0 Å². The van der Waals surface area contributed by atoms with Gasteiger partial charge in [-0.1, -0.05) is 12.2 Å². The fraction of sp³-hybridized carbons (Fsp3) is 0.800. The van der Waals surface area contributed by atoms with Gasteiger partial charge in [0.1, 0.15) is 0 Å². The number of carboxylic acid groups (broad SMARTS) is 1. The number of aliphatic hydroxyl groups excluding tert-OH is 1. The van der Waals surface area contributed by atoms with Crippen molar-refractivity contribution in [3.8, 4) is 0 Å². The molecule has 2 saturated heterocycles. The monoisotopic (exact) mass is 298 g/mol. The van der Waals surface area contributed by atoms with Crippen LogP contribution in [0.5, 0.6) is 0 Å². The molecule has 6 heteroatoms. The Kier molecular flexibility index (Phi) is 4.59. The number of allylic oxidation sites excluding steroid dienone is 1. The summed E-state index contributed by atoms with van der Waals surface area (Å²) in [5.41, 5.74) is 0. The van der Waals surface area contributed by atoms with E-state index in [0.717, 1.165) is 19.3 Å². The second-order valence-corrected chi connectivity index (χ2v) is 5.96. The third-order valence-electron chi connectivity index (χ3n) is 4.69. The molecule has 0 bridgehead atoms. The van der Waals surface area contributed by atoms with Crippen molar-refractivity contribution in [3.63, 3.8) is 0 Å². The number of hydrogen-bond acceptors (Lipinski definition) is 5. The van der Waals surface area contributed by atoms with Gasteiger partial charge < -0.3 is 24.4 Å². The summed E-state index contributed by atoms with van der Waals surface area (Å²) in [6, 6.07) is 0. The van der Waals surface area contributed by atoms with Crippen molar-refractivity contribution in [2.24, 2.45) is 23.7 Å². The third-order valence-corrected chi connectivity index (χ3v) is 4.69. The smallest absolute Gasteiger partial charge is 0.309 e. The molecule has 0 aromatic heterocycles.